The van der Waals surface area contributed by atoms with Crippen molar-refractivity contribution in [1.82, 2.24) is 15.1 Å². The number of likely N-dealkylation sites (N-methyl/N-ethyl adjacent to an activating group) is 1. The molecule has 5 heteroatoms. The van der Waals surface area contributed by atoms with Crippen molar-refractivity contribution in [3.8, 4) is 5.75 Å². The number of ether oxygens (including phenoxy) is 1. The fourth-order valence-electron chi connectivity index (χ4n) is 1.85. The van der Waals surface area contributed by atoms with E-state index < -0.39 is 0 Å². The van der Waals surface area contributed by atoms with Gasteiger partial charge >= 0.3 is 0 Å². The van der Waals surface area contributed by atoms with E-state index >= 15 is 0 Å². The lowest BCUT2D eigenvalue weighted by Gasteiger charge is -2.16. The molecule has 0 bridgehead atoms. The van der Waals surface area contributed by atoms with Crippen molar-refractivity contribution in [1.29, 1.82) is 0 Å². The predicted molar refractivity (Wildman–Crippen MR) is 76.9 cm³/mol. The highest BCUT2D eigenvalue weighted by Crippen LogP contribution is 2.13. The fraction of sp³-hybridized carbons (Fsp3) is 0.333. The third-order valence-corrected chi connectivity index (χ3v) is 3.09. The molecule has 20 heavy (non-hydrogen) atoms. The van der Waals surface area contributed by atoms with Crippen LogP contribution in [-0.2, 0) is 6.42 Å². The minimum Gasteiger partial charge on any atom is -0.492 e. The lowest BCUT2D eigenvalue weighted by Crippen LogP contribution is -2.30. The largest absolute Gasteiger partial charge is 0.492 e. The van der Waals surface area contributed by atoms with Crippen molar-refractivity contribution >= 4 is 5.91 Å². The summed E-state index contributed by atoms with van der Waals surface area (Å²) in [5, 5.41) is 6.40. The van der Waals surface area contributed by atoms with Crippen molar-refractivity contribution in [3.63, 3.8) is 0 Å². The number of carbonyl (C=O) groups excluding carboxylic acids is 1. The van der Waals surface area contributed by atoms with Gasteiger partial charge in [0, 0.05) is 13.2 Å². The van der Waals surface area contributed by atoms with Gasteiger partial charge in [-0.15, -0.1) is 0 Å². The Bertz CT molecular complexity index is 552. The molecule has 0 radical (unpaired) electrons. The van der Waals surface area contributed by atoms with Gasteiger partial charge in [-0.1, -0.05) is 19.1 Å². The van der Waals surface area contributed by atoms with Gasteiger partial charge in [-0.2, -0.15) is 5.10 Å². The van der Waals surface area contributed by atoms with Crippen LogP contribution in [0.1, 0.15) is 22.8 Å². The number of amides is 1. The molecule has 1 heterocycles. The van der Waals surface area contributed by atoms with E-state index in [1.807, 2.05) is 18.2 Å². The number of benzene rings is 1. The van der Waals surface area contributed by atoms with Gasteiger partial charge in [-0.05, 0) is 24.1 Å². The number of carbonyl (C=O) groups is 1. The molecule has 1 aromatic carbocycles. The third-order valence-electron chi connectivity index (χ3n) is 3.09. The van der Waals surface area contributed by atoms with Gasteiger partial charge in [0.15, 0.2) is 0 Å². The van der Waals surface area contributed by atoms with Crippen molar-refractivity contribution < 1.29 is 9.53 Å². The van der Waals surface area contributed by atoms with E-state index in [2.05, 4.69) is 23.2 Å². The second-order valence-corrected chi connectivity index (χ2v) is 4.56. The summed E-state index contributed by atoms with van der Waals surface area (Å²) in [5.41, 5.74) is 1.80. The Labute approximate surface area is 118 Å². The lowest BCUT2D eigenvalue weighted by molar-refractivity contribution is 0.0774. The number of rotatable bonds is 6. The molecule has 2 aromatic rings. The van der Waals surface area contributed by atoms with Crippen LogP contribution in [0.2, 0.25) is 0 Å². The van der Waals surface area contributed by atoms with E-state index in [0.29, 0.717) is 18.7 Å². The number of nitrogens with zero attached hydrogens (tertiary/aromatic N) is 2. The molecular weight excluding hydrogens is 254 g/mol. The zero-order chi connectivity index (χ0) is 14.4. The summed E-state index contributed by atoms with van der Waals surface area (Å²) in [6.45, 7) is 3.10. The maximum absolute atomic E-state index is 12.0. The summed E-state index contributed by atoms with van der Waals surface area (Å²) in [5.74, 6) is 0.776. The molecular formula is C15H19N3O2. The van der Waals surface area contributed by atoms with Crippen LogP contribution >= 0.6 is 0 Å². The van der Waals surface area contributed by atoms with Crippen LogP contribution < -0.4 is 4.74 Å². The number of aromatic amines is 1. The quantitative estimate of drug-likeness (QED) is 0.877. The van der Waals surface area contributed by atoms with E-state index in [-0.39, 0.29) is 5.91 Å². The Morgan fingerprint density at radius 2 is 2.30 bits per heavy atom. The van der Waals surface area contributed by atoms with Gasteiger partial charge in [0.05, 0.1) is 18.3 Å². The number of nitrogens with one attached hydrogen (secondary N) is 1. The first kappa shape index (κ1) is 14.1. The van der Waals surface area contributed by atoms with Crippen LogP contribution in [0.5, 0.6) is 5.75 Å². The molecule has 2 rings (SSSR count). The Morgan fingerprint density at radius 3 is 3.00 bits per heavy atom. The summed E-state index contributed by atoms with van der Waals surface area (Å²) < 4.78 is 5.67. The van der Waals surface area contributed by atoms with Crippen molar-refractivity contribution in [2.45, 2.75) is 13.3 Å². The summed E-state index contributed by atoms with van der Waals surface area (Å²) in [7, 11) is 1.75. The minimum absolute atomic E-state index is 0.0651. The smallest absolute Gasteiger partial charge is 0.256 e. The number of hydrogen-bond acceptors (Lipinski definition) is 3. The Kier molecular flexibility index (Phi) is 4.76. The minimum atomic E-state index is -0.0651. The molecule has 0 saturated heterocycles. The molecule has 0 aliphatic heterocycles. The molecule has 0 saturated carbocycles. The lowest BCUT2D eigenvalue weighted by atomic mass is 10.2. The van der Waals surface area contributed by atoms with Gasteiger partial charge < -0.3 is 9.64 Å². The predicted octanol–water partition coefficient (Wildman–Crippen LogP) is 2.12. The summed E-state index contributed by atoms with van der Waals surface area (Å²) in [6.07, 6.45) is 4.09. The topological polar surface area (TPSA) is 58.2 Å². The van der Waals surface area contributed by atoms with Gasteiger partial charge in [-0.25, -0.2) is 0 Å². The first-order valence-corrected chi connectivity index (χ1v) is 6.66. The maximum atomic E-state index is 12.0. The van der Waals surface area contributed by atoms with Gasteiger partial charge in [0.25, 0.3) is 5.91 Å². The van der Waals surface area contributed by atoms with Crippen LogP contribution in [-0.4, -0.2) is 41.2 Å². The van der Waals surface area contributed by atoms with Crippen LogP contribution in [0.15, 0.2) is 36.7 Å². The van der Waals surface area contributed by atoms with E-state index in [4.69, 9.17) is 4.74 Å². The molecule has 1 amide bonds. The second kappa shape index (κ2) is 6.75. The molecule has 106 valence electrons. The first-order chi connectivity index (χ1) is 9.70. The average Bonchev–Trinajstić information content (AvgIpc) is 3.00. The Hall–Kier alpha value is -2.30. The highest BCUT2D eigenvalue weighted by atomic mass is 16.5. The standard InChI is InChI=1S/C15H19N3O2/c1-3-12-5-4-6-14(9-12)20-8-7-18(2)15(19)13-10-16-17-11-13/h4-6,9-11H,3,7-8H2,1-2H3,(H,16,17). The number of hydrogen-bond donors (Lipinski definition) is 1. The average molecular weight is 273 g/mol. The number of aryl methyl sites for hydroxylation is 1. The van der Waals surface area contributed by atoms with Crippen molar-refractivity contribution in [2.75, 3.05) is 20.2 Å². The normalized spacial score (nSPS) is 10.3. The summed E-state index contributed by atoms with van der Waals surface area (Å²) in [4.78, 5) is 13.6. The second-order valence-electron chi connectivity index (χ2n) is 4.56. The van der Waals surface area contributed by atoms with E-state index in [1.54, 1.807) is 18.1 Å². The number of aromatic nitrogens is 2. The van der Waals surface area contributed by atoms with Crippen molar-refractivity contribution in [2.24, 2.45) is 0 Å². The monoisotopic (exact) mass is 273 g/mol. The molecule has 0 atom stereocenters. The SMILES string of the molecule is CCc1cccc(OCCN(C)C(=O)c2cn[nH]c2)c1. The molecule has 1 N–H and O–H groups in total. The highest BCUT2D eigenvalue weighted by molar-refractivity contribution is 5.93. The van der Waals surface area contributed by atoms with Crippen LogP contribution in [0, 0.1) is 0 Å². The van der Waals surface area contributed by atoms with Crippen LogP contribution in [0.3, 0.4) is 0 Å². The summed E-state index contributed by atoms with van der Waals surface area (Å²) >= 11 is 0. The molecule has 1 aromatic heterocycles. The van der Waals surface area contributed by atoms with Crippen molar-refractivity contribution in [3.05, 3.63) is 47.8 Å². The zero-order valence-corrected chi connectivity index (χ0v) is 11.8. The first-order valence-electron chi connectivity index (χ1n) is 6.66. The molecule has 0 aliphatic rings. The van der Waals surface area contributed by atoms with Gasteiger partial charge in [0.2, 0.25) is 0 Å². The third kappa shape index (κ3) is 3.60. The van der Waals surface area contributed by atoms with E-state index in [9.17, 15) is 4.79 Å². The molecule has 0 spiro atoms. The molecule has 5 nitrogen and oxygen atoms in total. The van der Waals surface area contributed by atoms with E-state index in [0.717, 1.165) is 12.2 Å². The molecule has 0 aliphatic carbocycles. The zero-order valence-electron chi connectivity index (χ0n) is 11.8. The van der Waals surface area contributed by atoms with Crippen LogP contribution in [0.4, 0.5) is 0 Å². The summed E-state index contributed by atoms with van der Waals surface area (Å²) in [6, 6.07) is 8.00. The molecule has 0 fully saturated rings. The Morgan fingerprint density at radius 1 is 1.45 bits per heavy atom. The number of H-pyrrole nitrogens is 1. The van der Waals surface area contributed by atoms with Gasteiger partial charge in [0.1, 0.15) is 12.4 Å². The maximum Gasteiger partial charge on any atom is 0.256 e. The van der Waals surface area contributed by atoms with E-state index in [1.165, 1.54) is 11.8 Å². The highest BCUT2D eigenvalue weighted by Gasteiger charge is 2.12. The van der Waals surface area contributed by atoms with Gasteiger partial charge in [-0.3, -0.25) is 9.89 Å². The molecule has 0 unspecified atom stereocenters. The Balaban J connectivity index is 1.81. The fourth-order valence-corrected chi connectivity index (χ4v) is 1.85. The van der Waals surface area contributed by atoms with Crippen LogP contribution in [0.25, 0.3) is 0 Å².